The Bertz CT molecular complexity index is 655. The summed E-state index contributed by atoms with van der Waals surface area (Å²) in [5, 5.41) is -0.623. The molecule has 0 N–H and O–H groups in total. The number of methoxy groups -OCH3 is 1. The van der Waals surface area contributed by atoms with Gasteiger partial charge in [0.1, 0.15) is 5.75 Å². The number of amides is 1. The van der Waals surface area contributed by atoms with E-state index in [1.807, 2.05) is 19.9 Å². The van der Waals surface area contributed by atoms with Crippen molar-refractivity contribution >= 4 is 16.0 Å². The van der Waals surface area contributed by atoms with Crippen molar-refractivity contribution in [2.24, 2.45) is 5.92 Å². The number of hydrogen-bond acceptors (Lipinski definition) is 5. The van der Waals surface area contributed by atoms with Crippen molar-refractivity contribution < 1.29 is 22.1 Å². The fourth-order valence-corrected chi connectivity index (χ4v) is 2.68. The highest BCUT2D eigenvalue weighted by Crippen LogP contribution is 2.19. The van der Waals surface area contributed by atoms with Crippen LogP contribution in [0, 0.1) is 5.92 Å². The molecule has 0 aliphatic carbocycles. The molecule has 0 aromatic heterocycles. The average Bonchev–Trinajstić information content (AvgIpc) is 2.50. The predicted molar refractivity (Wildman–Crippen MR) is 97.9 cm³/mol. The van der Waals surface area contributed by atoms with Gasteiger partial charge in [-0.2, -0.15) is 8.42 Å². The molecular weight excluding hydrogens is 342 g/mol. The summed E-state index contributed by atoms with van der Waals surface area (Å²) in [4.78, 5) is 14.1. The van der Waals surface area contributed by atoms with E-state index >= 15 is 0 Å². The monoisotopic (exact) mass is 371 g/mol. The van der Waals surface area contributed by atoms with Crippen LogP contribution < -0.4 is 4.18 Å². The third-order valence-corrected chi connectivity index (χ3v) is 5.14. The van der Waals surface area contributed by atoms with Gasteiger partial charge in [0.25, 0.3) is 0 Å². The molecule has 6 nitrogen and oxygen atoms in total. The topological polar surface area (TPSA) is 72.9 Å². The molecule has 142 valence electrons. The summed E-state index contributed by atoms with van der Waals surface area (Å²) < 4.78 is 34.0. The van der Waals surface area contributed by atoms with Crippen molar-refractivity contribution in [3.05, 3.63) is 29.8 Å². The van der Waals surface area contributed by atoms with Crippen LogP contribution in [0.1, 0.15) is 39.7 Å². The molecule has 0 saturated carbocycles. The highest BCUT2D eigenvalue weighted by atomic mass is 32.2. The summed E-state index contributed by atoms with van der Waals surface area (Å²) in [6.45, 7) is 8.44. The standard InChI is InChI=1S/C18H29NO5S/c1-14(2)11-18(20)19(9-10-23-5)13-16-7-6-8-17(12-16)24-25(21,22)15(3)4/h6-8,12,14-15H,9-11,13H2,1-5H3. The first-order chi connectivity index (χ1) is 11.7. The van der Waals surface area contributed by atoms with Crippen LogP contribution in [-0.2, 0) is 26.2 Å². The first-order valence-corrected chi connectivity index (χ1v) is 9.91. The van der Waals surface area contributed by atoms with E-state index in [1.54, 1.807) is 44.1 Å². The largest absolute Gasteiger partial charge is 0.383 e. The first kappa shape index (κ1) is 21.4. The summed E-state index contributed by atoms with van der Waals surface area (Å²) in [5.41, 5.74) is 0.810. The Balaban J connectivity index is 2.90. The van der Waals surface area contributed by atoms with E-state index < -0.39 is 15.4 Å². The number of benzene rings is 1. The van der Waals surface area contributed by atoms with E-state index in [-0.39, 0.29) is 17.6 Å². The Morgan fingerprint density at radius 1 is 1.20 bits per heavy atom. The van der Waals surface area contributed by atoms with Crippen LogP contribution in [0.2, 0.25) is 0 Å². The van der Waals surface area contributed by atoms with Gasteiger partial charge in [0, 0.05) is 26.6 Å². The van der Waals surface area contributed by atoms with Gasteiger partial charge in [0.15, 0.2) is 0 Å². The van der Waals surface area contributed by atoms with Crippen LogP contribution in [-0.4, -0.2) is 44.7 Å². The van der Waals surface area contributed by atoms with E-state index in [2.05, 4.69) is 0 Å². The minimum Gasteiger partial charge on any atom is -0.383 e. The van der Waals surface area contributed by atoms with E-state index in [0.717, 1.165) is 5.56 Å². The Morgan fingerprint density at radius 2 is 1.88 bits per heavy atom. The van der Waals surface area contributed by atoms with Crippen molar-refractivity contribution in [2.45, 2.75) is 45.9 Å². The zero-order chi connectivity index (χ0) is 19.0. The maximum absolute atomic E-state index is 12.4. The maximum Gasteiger partial charge on any atom is 0.311 e. The molecule has 0 atom stereocenters. The van der Waals surface area contributed by atoms with Crippen molar-refractivity contribution in [2.75, 3.05) is 20.3 Å². The van der Waals surface area contributed by atoms with Crippen molar-refractivity contribution in [1.82, 2.24) is 4.90 Å². The second-order valence-corrected chi connectivity index (χ2v) is 8.77. The van der Waals surface area contributed by atoms with Crippen LogP contribution in [0.15, 0.2) is 24.3 Å². The van der Waals surface area contributed by atoms with E-state index in [1.165, 1.54) is 0 Å². The zero-order valence-corrected chi connectivity index (χ0v) is 16.5. The molecule has 0 aliphatic rings. The number of nitrogens with zero attached hydrogens (tertiary/aromatic N) is 1. The summed E-state index contributed by atoms with van der Waals surface area (Å²) in [6.07, 6.45) is 0.460. The predicted octanol–water partition coefficient (Wildman–Crippen LogP) is 2.82. The quantitative estimate of drug-likeness (QED) is 0.591. The van der Waals surface area contributed by atoms with Gasteiger partial charge in [0.05, 0.1) is 11.9 Å². The van der Waals surface area contributed by atoms with Crippen molar-refractivity contribution in [3.8, 4) is 5.75 Å². The number of carbonyl (C=O) groups excluding carboxylic acids is 1. The molecule has 0 unspecified atom stereocenters. The number of rotatable bonds is 10. The van der Waals surface area contributed by atoms with E-state index in [9.17, 15) is 13.2 Å². The molecule has 0 fully saturated rings. The van der Waals surface area contributed by atoms with E-state index in [4.69, 9.17) is 8.92 Å². The van der Waals surface area contributed by atoms with Crippen molar-refractivity contribution in [1.29, 1.82) is 0 Å². The molecule has 0 heterocycles. The first-order valence-electron chi connectivity index (χ1n) is 8.44. The van der Waals surface area contributed by atoms with Gasteiger partial charge in [-0.3, -0.25) is 4.79 Å². The van der Waals surface area contributed by atoms with Gasteiger partial charge < -0.3 is 13.8 Å². The van der Waals surface area contributed by atoms with Gasteiger partial charge in [-0.15, -0.1) is 0 Å². The molecule has 25 heavy (non-hydrogen) atoms. The molecular formula is C18H29NO5S. The zero-order valence-electron chi connectivity index (χ0n) is 15.7. The van der Waals surface area contributed by atoms with Crippen molar-refractivity contribution in [3.63, 3.8) is 0 Å². The Kier molecular flexibility index (Phi) is 8.38. The van der Waals surface area contributed by atoms with Crippen LogP contribution in [0.4, 0.5) is 0 Å². The van der Waals surface area contributed by atoms with Gasteiger partial charge in [-0.25, -0.2) is 0 Å². The molecule has 0 radical (unpaired) electrons. The second-order valence-electron chi connectivity index (χ2n) is 6.68. The normalized spacial score (nSPS) is 11.8. The minimum absolute atomic E-state index is 0.0492. The lowest BCUT2D eigenvalue weighted by molar-refractivity contribution is -0.133. The highest BCUT2D eigenvalue weighted by molar-refractivity contribution is 7.87. The molecule has 1 aromatic carbocycles. The van der Waals surface area contributed by atoms with Gasteiger partial charge in [-0.05, 0) is 37.5 Å². The average molecular weight is 371 g/mol. The third kappa shape index (κ3) is 7.44. The Labute approximate surface area is 151 Å². The third-order valence-electron chi connectivity index (χ3n) is 3.56. The van der Waals surface area contributed by atoms with Crippen LogP contribution >= 0.6 is 0 Å². The van der Waals surface area contributed by atoms with Gasteiger partial charge >= 0.3 is 10.1 Å². The Morgan fingerprint density at radius 3 is 2.44 bits per heavy atom. The molecule has 7 heteroatoms. The fourth-order valence-electron chi connectivity index (χ4n) is 2.12. The van der Waals surface area contributed by atoms with E-state index in [0.29, 0.717) is 26.1 Å². The summed E-state index contributed by atoms with van der Waals surface area (Å²) in [7, 11) is -2.05. The number of ether oxygens (including phenoxy) is 1. The molecule has 0 saturated heterocycles. The molecule has 0 bridgehead atoms. The van der Waals surface area contributed by atoms with Crippen LogP contribution in [0.25, 0.3) is 0 Å². The maximum atomic E-state index is 12.4. The molecule has 0 spiro atoms. The molecule has 1 aromatic rings. The lowest BCUT2D eigenvalue weighted by atomic mass is 10.1. The summed E-state index contributed by atoms with van der Waals surface area (Å²) >= 11 is 0. The van der Waals surface area contributed by atoms with Gasteiger partial charge in [-0.1, -0.05) is 26.0 Å². The SMILES string of the molecule is COCCN(Cc1cccc(OS(=O)(=O)C(C)C)c1)C(=O)CC(C)C. The molecule has 0 aliphatic heterocycles. The highest BCUT2D eigenvalue weighted by Gasteiger charge is 2.19. The molecule has 1 amide bonds. The fraction of sp³-hybridized carbons (Fsp3) is 0.611. The lowest BCUT2D eigenvalue weighted by Gasteiger charge is -2.23. The smallest absolute Gasteiger partial charge is 0.311 e. The minimum atomic E-state index is -3.64. The van der Waals surface area contributed by atoms with Gasteiger partial charge in [0.2, 0.25) is 5.91 Å². The number of carbonyl (C=O) groups is 1. The summed E-state index contributed by atoms with van der Waals surface area (Å²) in [5.74, 6) is 0.575. The van der Waals surface area contributed by atoms with Crippen LogP contribution in [0.3, 0.4) is 0 Å². The summed E-state index contributed by atoms with van der Waals surface area (Å²) in [6, 6.07) is 6.82. The lowest BCUT2D eigenvalue weighted by Crippen LogP contribution is -2.34. The van der Waals surface area contributed by atoms with Crippen LogP contribution in [0.5, 0.6) is 5.75 Å². The Hall–Kier alpha value is -1.60. The number of hydrogen-bond donors (Lipinski definition) is 0. The second kappa shape index (κ2) is 9.77. The molecule has 1 rings (SSSR count).